The molecule has 0 amide bonds. The summed E-state index contributed by atoms with van der Waals surface area (Å²) in [6.07, 6.45) is 68.1. The van der Waals surface area contributed by atoms with Gasteiger partial charge in [0, 0.05) is 13.0 Å². The molecule has 1 unspecified atom stereocenters. The van der Waals surface area contributed by atoms with E-state index in [0.29, 0.717) is 13.0 Å². The standard InChI is InChI=1S/C57H100O5/c1-4-7-10-13-16-19-22-24-26-27-28-29-30-32-34-37-40-43-46-49-52-60-53-55(62-57(59)51-48-45-42-39-35-21-18-15-12-9-6-3)54-61-56(58)50-47-44-41-38-36-33-31-25-23-20-17-14-11-8-5-2/h8,11,15,17-18,20,25,31,36,38,44,47,55H,4-7,9-10,12-14,16,19,21-24,26-30,32-35,37,39-43,45-46,48-54H2,1-3H3/b11-8-,18-15-,20-17-,31-25-,38-36-,47-44-. The number of rotatable bonds is 48. The van der Waals surface area contributed by atoms with Gasteiger partial charge in [-0.3, -0.25) is 9.59 Å². The third kappa shape index (κ3) is 50.0. The fourth-order valence-corrected chi connectivity index (χ4v) is 7.33. The Morgan fingerprint density at radius 1 is 0.387 bits per heavy atom. The Morgan fingerprint density at radius 3 is 1.27 bits per heavy atom. The number of allylic oxidation sites excluding steroid dienone is 11. The highest BCUT2D eigenvalue weighted by molar-refractivity contribution is 5.71. The predicted octanol–water partition coefficient (Wildman–Crippen LogP) is 17.9. The van der Waals surface area contributed by atoms with E-state index in [4.69, 9.17) is 14.2 Å². The number of hydrogen-bond donors (Lipinski definition) is 0. The van der Waals surface area contributed by atoms with Gasteiger partial charge < -0.3 is 14.2 Å². The molecule has 358 valence electrons. The molecule has 0 heterocycles. The Hall–Kier alpha value is -2.66. The van der Waals surface area contributed by atoms with Gasteiger partial charge in [-0.25, -0.2) is 0 Å². The molecule has 0 N–H and O–H groups in total. The van der Waals surface area contributed by atoms with Gasteiger partial charge in [0.05, 0.1) is 13.0 Å². The van der Waals surface area contributed by atoms with E-state index in [1.165, 1.54) is 148 Å². The van der Waals surface area contributed by atoms with Crippen LogP contribution in [0.15, 0.2) is 72.9 Å². The van der Waals surface area contributed by atoms with Crippen molar-refractivity contribution in [3.05, 3.63) is 72.9 Å². The molecule has 0 rings (SSSR count). The summed E-state index contributed by atoms with van der Waals surface area (Å²) in [7, 11) is 0. The third-order valence-electron chi connectivity index (χ3n) is 11.3. The first kappa shape index (κ1) is 59.3. The topological polar surface area (TPSA) is 61.8 Å². The molecule has 1 atom stereocenters. The third-order valence-corrected chi connectivity index (χ3v) is 11.3. The maximum Gasteiger partial charge on any atom is 0.309 e. The molecule has 0 aliphatic rings. The van der Waals surface area contributed by atoms with Gasteiger partial charge in [0.15, 0.2) is 6.10 Å². The SMILES string of the molecule is CC/C=C\C/C=C\C/C=C\C/C=C\C/C=C\CC(=O)OCC(COCCCCCCCCCCCCCCCCCCCCCC)OC(=O)CCCCCCC/C=C\CCCC. The zero-order valence-electron chi connectivity index (χ0n) is 41.1. The van der Waals surface area contributed by atoms with E-state index in [1.54, 1.807) is 0 Å². The van der Waals surface area contributed by atoms with E-state index in [-0.39, 0.29) is 31.6 Å². The number of esters is 2. The molecule has 0 fully saturated rings. The van der Waals surface area contributed by atoms with Gasteiger partial charge in [-0.05, 0) is 64.2 Å². The Labute approximate surface area is 385 Å². The van der Waals surface area contributed by atoms with Crippen molar-refractivity contribution in [2.75, 3.05) is 19.8 Å². The van der Waals surface area contributed by atoms with Crippen LogP contribution in [-0.4, -0.2) is 37.9 Å². The molecule has 0 aromatic rings. The summed E-state index contributed by atoms with van der Waals surface area (Å²) < 4.78 is 17.3. The summed E-state index contributed by atoms with van der Waals surface area (Å²) in [5, 5.41) is 0. The summed E-state index contributed by atoms with van der Waals surface area (Å²) in [5.74, 6) is -0.549. The second kappa shape index (κ2) is 52.7. The van der Waals surface area contributed by atoms with Crippen molar-refractivity contribution in [1.82, 2.24) is 0 Å². The van der Waals surface area contributed by atoms with Crippen molar-refractivity contribution >= 4 is 11.9 Å². The van der Waals surface area contributed by atoms with Crippen LogP contribution >= 0.6 is 0 Å². The van der Waals surface area contributed by atoms with Crippen molar-refractivity contribution in [1.29, 1.82) is 0 Å². The number of carbonyl (C=O) groups excluding carboxylic acids is 2. The monoisotopic (exact) mass is 865 g/mol. The van der Waals surface area contributed by atoms with Crippen LogP contribution < -0.4 is 0 Å². The van der Waals surface area contributed by atoms with Crippen molar-refractivity contribution in [3.8, 4) is 0 Å². The van der Waals surface area contributed by atoms with E-state index in [0.717, 1.165) is 70.6 Å². The van der Waals surface area contributed by atoms with Crippen LogP contribution in [-0.2, 0) is 23.8 Å². The van der Waals surface area contributed by atoms with Crippen LogP contribution in [0.25, 0.3) is 0 Å². The summed E-state index contributed by atoms with van der Waals surface area (Å²) in [6.45, 7) is 7.59. The largest absolute Gasteiger partial charge is 0.461 e. The first-order chi connectivity index (χ1) is 30.6. The van der Waals surface area contributed by atoms with Crippen LogP contribution in [0, 0.1) is 0 Å². The molecule has 0 radical (unpaired) electrons. The minimum atomic E-state index is -0.579. The molecule has 62 heavy (non-hydrogen) atoms. The Morgan fingerprint density at radius 2 is 0.790 bits per heavy atom. The summed E-state index contributed by atoms with van der Waals surface area (Å²) >= 11 is 0. The molecule has 0 aliphatic heterocycles. The molecule has 0 saturated carbocycles. The first-order valence-electron chi connectivity index (χ1n) is 26.5. The number of ether oxygens (including phenoxy) is 3. The van der Waals surface area contributed by atoms with E-state index in [9.17, 15) is 9.59 Å². The van der Waals surface area contributed by atoms with E-state index in [2.05, 4.69) is 81.5 Å². The second-order valence-corrected chi connectivity index (χ2v) is 17.4. The summed E-state index contributed by atoms with van der Waals surface area (Å²) in [6, 6.07) is 0. The maximum atomic E-state index is 12.8. The molecule has 5 heteroatoms. The lowest BCUT2D eigenvalue weighted by atomic mass is 10.0. The average molecular weight is 865 g/mol. The first-order valence-corrected chi connectivity index (χ1v) is 26.5. The zero-order chi connectivity index (χ0) is 44.9. The fourth-order valence-electron chi connectivity index (χ4n) is 7.33. The molecule has 0 aromatic carbocycles. The highest BCUT2D eigenvalue weighted by Gasteiger charge is 2.17. The van der Waals surface area contributed by atoms with Crippen molar-refractivity contribution < 1.29 is 23.8 Å². The molecular formula is C57H100O5. The lowest BCUT2D eigenvalue weighted by Crippen LogP contribution is -2.30. The van der Waals surface area contributed by atoms with Crippen molar-refractivity contribution in [2.24, 2.45) is 0 Å². The second-order valence-electron chi connectivity index (χ2n) is 17.4. The number of hydrogen-bond acceptors (Lipinski definition) is 5. The number of carbonyl (C=O) groups is 2. The molecule has 0 saturated heterocycles. The summed E-state index contributed by atoms with van der Waals surface area (Å²) in [5.41, 5.74) is 0. The Balaban J connectivity index is 4.28. The molecular weight excluding hydrogens is 765 g/mol. The van der Waals surface area contributed by atoms with Gasteiger partial charge in [-0.1, -0.05) is 248 Å². The van der Waals surface area contributed by atoms with Crippen LogP contribution in [0.2, 0.25) is 0 Å². The van der Waals surface area contributed by atoms with Gasteiger partial charge in [0.2, 0.25) is 0 Å². The summed E-state index contributed by atoms with van der Waals surface area (Å²) in [4.78, 5) is 25.3. The van der Waals surface area contributed by atoms with Gasteiger partial charge in [-0.2, -0.15) is 0 Å². The molecule has 0 bridgehead atoms. The minimum absolute atomic E-state index is 0.0281. The van der Waals surface area contributed by atoms with Gasteiger partial charge in [-0.15, -0.1) is 0 Å². The maximum absolute atomic E-state index is 12.8. The van der Waals surface area contributed by atoms with Crippen LogP contribution in [0.4, 0.5) is 0 Å². The van der Waals surface area contributed by atoms with Gasteiger partial charge in [0.25, 0.3) is 0 Å². The van der Waals surface area contributed by atoms with Crippen molar-refractivity contribution in [2.45, 2.75) is 258 Å². The van der Waals surface area contributed by atoms with E-state index < -0.39 is 6.10 Å². The normalized spacial score (nSPS) is 12.8. The highest BCUT2D eigenvalue weighted by Crippen LogP contribution is 2.15. The predicted molar refractivity (Wildman–Crippen MR) is 270 cm³/mol. The highest BCUT2D eigenvalue weighted by atomic mass is 16.6. The number of unbranched alkanes of at least 4 members (excludes halogenated alkanes) is 26. The molecule has 0 spiro atoms. The smallest absolute Gasteiger partial charge is 0.309 e. The van der Waals surface area contributed by atoms with Gasteiger partial charge >= 0.3 is 11.9 Å². The van der Waals surface area contributed by atoms with Crippen LogP contribution in [0.3, 0.4) is 0 Å². The molecule has 0 aliphatic carbocycles. The zero-order valence-corrected chi connectivity index (χ0v) is 41.1. The average Bonchev–Trinajstić information content (AvgIpc) is 3.27. The van der Waals surface area contributed by atoms with E-state index in [1.807, 2.05) is 12.2 Å². The van der Waals surface area contributed by atoms with Crippen molar-refractivity contribution in [3.63, 3.8) is 0 Å². The lowest BCUT2D eigenvalue weighted by molar-refractivity contribution is -0.162. The Bertz CT molecular complexity index is 1110. The van der Waals surface area contributed by atoms with Crippen LogP contribution in [0.5, 0.6) is 0 Å². The van der Waals surface area contributed by atoms with Crippen LogP contribution in [0.1, 0.15) is 252 Å². The Kier molecular flexibility index (Phi) is 50.4. The lowest BCUT2D eigenvalue weighted by Gasteiger charge is -2.18. The van der Waals surface area contributed by atoms with E-state index >= 15 is 0 Å². The molecule has 5 nitrogen and oxygen atoms in total. The van der Waals surface area contributed by atoms with Gasteiger partial charge in [0.1, 0.15) is 6.61 Å². The quantitative estimate of drug-likeness (QED) is 0.0346. The minimum Gasteiger partial charge on any atom is -0.461 e. The fraction of sp³-hybridized carbons (Fsp3) is 0.754. The molecule has 0 aromatic heterocycles.